The maximum atomic E-state index is 12.8. The van der Waals surface area contributed by atoms with E-state index in [-0.39, 0.29) is 24.8 Å². The van der Waals surface area contributed by atoms with Crippen molar-refractivity contribution in [2.75, 3.05) is 20.1 Å². The van der Waals surface area contributed by atoms with Crippen molar-refractivity contribution in [3.63, 3.8) is 0 Å². The number of rotatable bonds is 7. The van der Waals surface area contributed by atoms with Gasteiger partial charge in [0.15, 0.2) is 0 Å². The van der Waals surface area contributed by atoms with Crippen molar-refractivity contribution in [3.05, 3.63) is 71.5 Å². The summed E-state index contributed by atoms with van der Waals surface area (Å²) in [6.45, 7) is 1.02. The van der Waals surface area contributed by atoms with E-state index in [2.05, 4.69) is 5.32 Å². The molecule has 1 unspecified atom stereocenters. The Morgan fingerprint density at radius 1 is 1.17 bits per heavy atom. The molecule has 0 aliphatic rings. The van der Waals surface area contributed by atoms with Crippen LogP contribution in [0.3, 0.4) is 0 Å². The van der Waals surface area contributed by atoms with Crippen LogP contribution in [0.25, 0.3) is 0 Å². The summed E-state index contributed by atoms with van der Waals surface area (Å²) in [4.78, 5) is 13.8. The Balaban J connectivity index is 1.75. The number of hydrogen-bond donors (Lipinski definition) is 2. The molecule has 0 heterocycles. The number of aliphatic hydroxyl groups is 1. The molecular formula is C18H21FN2O2. The van der Waals surface area contributed by atoms with Gasteiger partial charge in [0.25, 0.3) is 0 Å². The normalized spacial score (nSPS) is 12.2. The van der Waals surface area contributed by atoms with Gasteiger partial charge in [-0.2, -0.15) is 0 Å². The SMILES string of the molecule is CN(CC(=O)NCC(O)c1ccc(F)cc1)Cc1ccccc1. The van der Waals surface area contributed by atoms with Crippen LogP contribution in [-0.4, -0.2) is 36.1 Å². The van der Waals surface area contributed by atoms with Gasteiger partial charge in [0.2, 0.25) is 5.91 Å². The first-order valence-corrected chi connectivity index (χ1v) is 7.47. The summed E-state index contributed by atoms with van der Waals surface area (Å²) in [7, 11) is 1.86. The third-order valence-corrected chi connectivity index (χ3v) is 3.46. The first-order valence-electron chi connectivity index (χ1n) is 7.47. The third-order valence-electron chi connectivity index (χ3n) is 3.46. The average Bonchev–Trinajstić information content (AvgIpc) is 2.54. The van der Waals surface area contributed by atoms with Crippen LogP contribution in [0, 0.1) is 5.82 Å². The average molecular weight is 316 g/mol. The highest BCUT2D eigenvalue weighted by molar-refractivity contribution is 5.78. The van der Waals surface area contributed by atoms with Crippen molar-refractivity contribution in [1.29, 1.82) is 0 Å². The van der Waals surface area contributed by atoms with E-state index in [1.165, 1.54) is 24.3 Å². The van der Waals surface area contributed by atoms with E-state index in [0.717, 1.165) is 5.56 Å². The number of carbonyl (C=O) groups excluding carboxylic acids is 1. The fraction of sp³-hybridized carbons (Fsp3) is 0.278. The Morgan fingerprint density at radius 2 is 1.83 bits per heavy atom. The van der Waals surface area contributed by atoms with E-state index in [1.54, 1.807) is 0 Å². The van der Waals surface area contributed by atoms with Crippen LogP contribution >= 0.6 is 0 Å². The van der Waals surface area contributed by atoms with Gasteiger partial charge in [-0.25, -0.2) is 4.39 Å². The molecule has 23 heavy (non-hydrogen) atoms. The Morgan fingerprint density at radius 3 is 2.48 bits per heavy atom. The Kier molecular flexibility index (Phi) is 6.26. The summed E-state index contributed by atoms with van der Waals surface area (Å²) >= 11 is 0. The molecule has 0 aliphatic heterocycles. The van der Waals surface area contributed by atoms with Crippen molar-refractivity contribution < 1.29 is 14.3 Å². The molecule has 0 spiro atoms. The van der Waals surface area contributed by atoms with Crippen molar-refractivity contribution >= 4 is 5.91 Å². The zero-order chi connectivity index (χ0) is 16.7. The highest BCUT2D eigenvalue weighted by Gasteiger charge is 2.11. The quantitative estimate of drug-likeness (QED) is 0.822. The van der Waals surface area contributed by atoms with Gasteiger partial charge >= 0.3 is 0 Å². The molecule has 4 nitrogen and oxygen atoms in total. The second-order valence-corrected chi connectivity index (χ2v) is 5.53. The number of amides is 1. The first kappa shape index (κ1) is 17.1. The molecule has 0 aromatic heterocycles. The van der Waals surface area contributed by atoms with Crippen LogP contribution in [0.15, 0.2) is 54.6 Å². The smallest absolute Gasteiger partial charge is 0.234 e. The lowest BCUT2D eigenvalue weighted by Crippen LogP contribution is -2.36. The number of nitrogens with one attached hydrogen (secondary N) is 1. The number of benzene rings is 2. The number of nitrogens with zero attached hydrogens (tertiary/aromatic N) is 1. The topological polar surface area (TPSA) is 52.6 Å². The molecule has 5 heteroatoms. The Labute approximate surface area is 135 Å². The van der Waals surface area contributed by atoms with Crippen LogP contribution in [0.2, 0.25) is 0 Å². The van der Waals surface area contributed by atoms with Gasteiger partial charge in [-0.15, -0.1) is 0 Å². The molecule has 1 amide bonds. The lowest BCUT2D eigenvalue weighted by molar-refractivity contribution is -0.122. The molecule has 0 fully saturated rings. The summed E-state index contributed by atoms with van der Waals surface area (Å²) in [5.41, 5.74) is 1.71. The van der Waals surface area contributed by atoms with Gasteiger partial charge in [0.05, 0.1) is 12.6 Å². The Hall–Kier alpha value is -2.24. The predicted molar refractivity (Wildman–Crippen MR) is 87.1 cm³/mol. The first-order chi connectivity index (χ1) is 11.0. The van der Waals surface area contributed by atoms with Gasteiger partial charge in [-0.3, -0.25) is 9.69 Å². The van der Waals surface area contributed by atoms with Crippen LogP contribution < -0.4 is 5.32 Å². The minimum Gasteiger partial charge on any atom is -0.387 e. The van der Waals surface area contributed by atoms with Crippen LogP contribution in [0.5, 0.6) is 0 Å². The summed E-state index contributed by atoms with van der Waals surface area (Å²) in [6.07, 6.45) is -0.848. The van der Waals surface area contributed by atoms with Gasteiger partial charge in [0, 0.05) is 13.1 Å². The second kappa shape index (κ2) is 8.41. The molecule has 2 aromatic rings. The number of hydrogen-bond acceptors (Lipinski definition) is 3. The van der Waals surface area contributed by atoms with Crippen molar-refractivity contribution in [1.82, 2.24) is 10.2 Å². The van der Waals surface area contributed by atoms with Crippen LogP contribution in [-0.2, 0) is 11.3 Å². The molecule has 2 N–H and O–H groups in total. The third kappa shape index (κ3) is 5.81. The highest BCUT2D eigenvalue weighted by atomic mass is 19.1. The van der Waals surface area contributed by atoms with Gasteiger partial charge in [0.1, 0.15) is 5.82 Å². The van der Waals surface area contributed by atoms with Gasteiger partial charge in [-0.1, -0.05) is 42.5 Å². The fourth-order valence-electron chi connectivity index (χ4n) is 2.27. The van der Waals surface area contributed by atoms with Crippen molar-refractivity contribution in [3.8, 4) is 0 Å². The van der Waals surface area contributed by atoms with E-state index in [4.69, 9.17) is 0 Å². The molecule has 0 saturated heterocycles. The molecule has 0 saturated carbocycles. The summed E-state index contributed by atoms with van der Waals surface area (Å²) in [5, 5.41) is 12.7. The molecule has 0 aliphatic carbocycles. The van der Waals surface area contributed by atoms with E-state index >= 15 is 0 Å². The van der Waals surface area contributed by atoms with E-state index in [9.17, 15) is 14.3 Å². The lowest BCUT2D eigenvalue weighted by Gasteiger charge is -2.17. The molecule has 2 aromatic carbocycles. The number of likely N-dealkylation sites (N-methyl/N-ethyl adjacent to an activating group) is 1. The van der Waals surface area contributed by atoms with Gasteiger partial charge < -0.3 is 10.4 Å². The van der Waals surface area contributed by atoms with E-state index < -0.39 is 6.10 Å². The monoisotopic (exact) mass is 316 g/mol. The van der Waals surface area contributed by atoms with Crippen LogP contribution in [0.1, 0.15) is 17.2 Å². The number of halogens is 1. The standard InChI is InChI=1S/C18H21FN2O2/c1-21(12-14-5-3-2-4-6-14)13-18(23)20-11-17(22)15-7-9-16(19)10-8-15/h2-10,17,22H,11-13H2,1H3,(H,20,23). The molecular weight excluding hydrogens is 295 g/mol. The lowest BCUT2D eigenvalue weighted by atomic mass is 10.1. The molecule has 122 valence electrons. The summed E-state index contributed by atoms with van der Waals surface area (Å²) in [6, 6.07) is 15.5. The van der Waals surface area contributed by atoms with Crippen molar-refractivity contribution in [2.45, 2.75) is 12.6 Å². The Bertz CT molecular complexity index is 617. The van der Waals surface area contributed by atoms with E-state index in [0.29, 0.717) is 12.1 Å². The number of aliphatic hydroxyl groups excluding tert-OH is 1. The zero-order valence-corrected chi connectivity index (χ0v) is 13.1. The molecule has 0 radical (unpaired) electrons. The molecule has 0 bridgehead atoms. The van der Waals surface area contributed by atoms with E-state index in [1.807, 2.05) is 42.3 Å². The fourth-order valence-corrected chi connectivity index (χ4v) is 2.27. The van der Waals surface area contributed by atoms with Crippen LogP contribution in [0.4, 0.5) is 4.39 Å². The molecule has 2 rings (SSSR count). The minimum atomic E-state index is -0.848. The highest BCUT2D eigenvalue weighted by Crippen LogP contribution is 2.12. The maximum Gasteiger partial charge on any atom is 0.234 e. The molecule has 1 atom stereocenters. The summed E-state index contributed by atoms with van der Waals surface area (Å²) < 4.78 is 12.8. The van der Waals surface area contributed by atoms with Crippen molar-refractivity contribution in [2.24, 2.45) is 0 Å². The minimum absolute atomic E-state index is 0.101. The second-order valence-electron chi connectivity index (χ2n) is 5.53. The number of carbonyl (C=O) groups is 1. The predicted octanol–water partition coefficient (Wildman–Crippen LogP) is 2.11. The largest absolute Gasteiger partial charge is 0.387 e. The zero-order valence-electron chi connectivity index (χ0n) is 13.1. The summed E-state index contributed by atoms with van der Waals surface area (Å²) in [5.74, 6) is -0.517. The maximum absolute atomic E-state index is 12.8. The van der Waals surface area contributed by atoms with Gasteiger partial charge in [-0.05, 0) is 30.3 Å².